The van der Waals surface area contributed by atoms with E-state index in [9.17, 15) is 4.79 Å². The fourth-order valence-corrected chi connectivity index (χ4v) is 3.26. The van der Waals surface area contributed by atoms with Crippen molar-refractivity contribution in [2.75, 3.05) is 0 Å². The molecule has 1 aromatic heterocycles. The van der Waals surface area contributed by atoms with Gasteiger partial charge in [-0.25, -0.2) is 9.78 Å². The fourth-order valence-electron chi connectivity index (χ4n) is 3.26. The van der Waals surface area contributed by atoms with Crippen LogP contribution in [0.15, 0.2) is 72.8 Å². The van der Waals surface area contributed by atoms with Crippen LogP contribution in [-0.4, -0.2) is 11.0 Å². The highest BCUT2D eigenvalue weighted by atomic mass is 16.5. The zero-order chi connectivity index (χ0) is 17.1. The van der Waals surface area contributed by atoms with Crippen LogP contribution in [0.5, 0.6) is 0 Å². The second kappa shape index (κ2) is 6.89. The Bertz CT molecular complexity index is 875. The minimum Gasteiger partial charge on any atom is -0.452 e. The van der Waals surface area contributed by atoms with Gasteiger partial charge in [0.25, 0.3) is 0 Å². The van der Waals surface area contributed by atoms with Crippen LogP contribution in [0, 0.1) is 0 Å². The highest BCUT2D eigenvalue weighted by Gasteiger charge is 2.26. The summed E-state index contributed by atoms with van der Waals surface area (Å²) in [4.78, 5) is 17.3. The number of carbonyl (C=O) groups is 1. The number of aryl methyl sites for hydroxylation is 1. The first-order valence-electron chi connectivity index (χ1n) is 8.62. The molecule has 0 aliphatic heterocycles. The van der Waals surface area contributed by atoms with Crippen molar-refractivity contribution in [3.05, 3.63) is 89.6 Å². The lowest BCUT2D eigenvalue weighted by Crippen LogP contribution is -2.18. The summed E-state index contributed by atoms with van der Waals surface area (Å²) in [7, 11) is 0. The highest BCUT2D eigenvalue weighted by Crippen LogP contribution is 2.33. The van der Waals surface area contributed by atoms with Gasteiger partial charge in [0.15, 0.2) is 0 Å². The number of benzene rings is 2. The van der Waals surface area contributed by atoms with E-state index in [1.54, 1.807) is 12.1 Å². The van der Waals surface area contributed by atoms with Crippen molar-refractivity contribution in [2.24, 2.45) is 0 Å². The number of fused-ring (bicyclic) bond motifs is 1. The summed E-state index contributed by atoms with van der Waals surface area (Å²) in [6.45, 7) is 0. The molecule has 0 unspecified atom stereocenters. The predicted octanol–water partition coefficient (Wildman–Crippen LogP) is 4.98. The molecular weight excluding hydrogens is 310 g/mol. The number of ether oxygens (including phenoxy) is 1. The Morgan fingerprint density at radius 2 is 1.64 bits per heavy atom. The Hall–Kier alpha value is -2.94. The van der Waals surface area contributed by atoms with Gasteiger partial charge in [-0.1, -0.05) is 54.6 Å². The summed E-state index contributed by atoms with van der Waals surface area (Å²) in [5.41, 5.74) is 4.65. The van der Waals surface area contributed by atoms with Crippen molar-refractivity contribution < 1.29 is 9.53 Å². The van der Waals surface area contributed by atoms with E-state index in [-0.39, 0.29) is 12.1 Å². The molecule has 0 N–H and O–H groups in total. The molecule has 0 radical (unpaired) electrons. The molecule has 1 aliphatic rings. The van der Waals surface area contributed by atoms with Crippen LogP contribution in [0.25, 0.3) is 11.3 Å². The molecule has 1 atom stereocenters. The van der Waals surface area contributed by atoms with Gasteiger partial charge in [-0.05, 0) is 43.0 Å². The normalized spacial score (nSPS) is 16.1. The first-order valence-corrected chi connectivity index (χ1v) is 8.62. The van der Waals surface area contributed by atoms with E-state index >= 15 is 0 Å². The zero-order valence-corrected chi connectivity index (χ0v) is 13.9. The van der Waals surface area contributed by atoms with Crippen LogP contribution in [0.2, 0.25) is 0 Å². The summed E-state index contributed by atoms with van der Waals surface area (Å²) >= 11 is 0. The van der Waals surface area contributed by atoms with E-state index in [0.29, 0.717) is 5.56 Å². The summed E-state index contributed by atoms with van der Waals surface area (Å²) in [6.07, 6.45) is 2.53. The van der Waals surface area contributed by atoms with Crippen molar-refractivity contribution >= 4 is 5.97 Å². The van der Waals surface area contributed by atoms with Crippen molar-refractivity contribution in [1.29, 1.82) is 0 Å². The number of hydrogen-bond acceptors (Lipinski definition) is 3. The lowest BCUT2D eigenvalue weighted by molar-refractivity contribution is 0.0245. The van der Waals surface area contributed by atoms with Crippen molar-refractivity contribution in [3.8, 4) is 11.3 Å². The second-order valence-electron chi connectivity index (χ2n) is 6.26. The molecule has 0 spiro atoms. The van der Waals surface area contributed by atoms with Crippen LogP contribution in [-0.2, 0) is 11.2 Å². The molecule has 0 fully saturated rings. The highest BCUT2D eigenvalue weighted by molar-refractivity contribution is 5.89. The first-order chi connectivity index (χ1) is 12.3. The third kappa shape index (κ3) is 3.31. The van der Waals surface area contributed by atoms with Crippen LogP contribution in [0.1, 0.15) is 40.6 Å². The molecule has 0 amide bonds. The third-order valence-corrected chi connectivity index (χ3v) is 4.56. The minimum atomic E-state index is -0.287. The molecular formula is C22H19NO2. The number of esters is 1. The van der Waals surface area contributed by atoms with E-state index in [1.165, 1.54) is 5.56 Å². The summed E-state index contributed by atoms with van der Waals surface area (Å²) in [5.74, 6) is -0.287. The number of aromatic nitrogens is 1. The molecule has 3 nitrogen and oxygen atoms in total. The second-order valence-corrected chi connectivity index (χ2v) is 6.26. The average molecular weight is 329 g/mol. The van der Waals surface area contributed by atoms with Gasteiger partial charge < -0.3 is 4.74 Å². The van der Waals surface area contributed by atoms with Crippen LogP contribution >= 0.6 is 0 Å². The van der Waals surface area contributed by atoms with Gasteiger partial charge in [0, 0.05) is 5.56 Å². The molecule has 0 saturated carbocycles. The van der Waals surface area contributed by atoms with E-state index < -0.39 is 0 Å². The lowest BCUT2D eigenvalue weighted by Gasteiger charge is -2.25. The van der Waals surface area contributed by atoms with Gasteiger partial charge in [-0.2, -0.15) is 0 Å². The lowest BCUT2D eigenvalue weighted by atomic mass is 9.92. The molecule has 0 bridgehead atoms. The number of pyridine rings is 1. The standard InChI is InChI=1S/C22H19NO2/c24-22(18-10-5-2-6-11-18)25-20-13-7-12-17-14-15-19(23-21(17)20)16-8-3-1-4-9-16/h1-6,8-11,14-15,20H,7,12-13H2/t20-/m1/s1. The third-order valence-electron chi connectivity index (χ3n) is 4.56. The van der Waals surface area contributed by atoms with Crippen LogP contribution in [0.4, 0.5) is 0 Å². The quantitative estimate of drug-likeness (QED) is 0.636. The maximum Gasteiger partial charge on any atom is 0.338 e. The Morgan fingerprint density at radius 1 is 0.920 bits per heavy atom. The van der Waals surface area contributed by atoms with Gasteiger partial charge in [-0.15, -0.1) is 0 Å². The van der Waals surface area contributed by atoms with Crippen molar-refractivity contribution in [2.45, 2.75) is 25.4 Å². The van der Waals surface area contributed by atoms with Crippen molar-refractivity contribution in [3.63, 3.8) is 0 Å². The molecule has 3 heteroatoms. The summed E-state index contributed by atoms with van der Waals surface area (Å²) < 4.78 is 5.79. The smallest absolute Gasteiger partial charge is 0.338 e. The molecule has 1 heterocycles. The largest absolute Gasteiger partial charge is 0.452 e. The van der Waals surface area contributed by atoms with E-state index in [4.69, 9.17) is 9.72 Å². The minimum absolute atomic E-state index is 0.278. The Labute approximate surface area is 147 Å². The maximum absolute atomic E-state index is 12.4. The van der Waals surface area contributed by atoms with Crippen molar-refractivity contribution in [1.82, 2.24) is 4.98 Å². The zero-order valence-electron chi connectivity index (χ0n) is 13.9. The average Bonchev–Trinajstić information content (AvgIpc) is 2.69. The van der Waals surface area contributed by atoms with Gasteiger partial charge >= 0.3 is 5.97 Å². The summed E-state index contributed by atoms with van der Waals surface area (Å²) in [5, 5.41) is 0. The SMILES string of the molecule is O=C(O[C@@H]1CCCc2ccc(-c3ccccc3)nc21)c1ccccc1. The Balaban J connectivity index is 1.63. The van der Waals surface area contributed by atoms with Crippen LogP contribution < -0.4 is 0 Å². The molecule has 2 aromatic carbocycles. The molecule has 4 rings (SSSR count). The number of hydrogen-bond donors (Lipinski definition) is 0. The molecule has 25 heavy (non-hydrogen) atoms. The van der Waals surface area contributed by atoms with Gasteiger partial charge in [0.1, 0.15) is 6.10 Å². The number of nitrogens with zero attached hydrogens (tertiary/aromatic N) is 1. The predicted molar refractivity (Wildman–Crippen MR) is 97.2 cm³/mol. The van der Waals surface area contributed by atoms with Gasteiger partial charge in [0.2, 0.25) is 0 Å². The molecule has 124 valence electrons. The molecule has 3 aromatic rings. The maximum atomic E-state index is 12.4. The topological polar surface area (TPSA) is 39.2 Å². The molecule has 0 saturated heterocycles. The van der Waals surface area contributed by atoms with E-state index in [0.717, 1.165) is 36.2 Å². The van der Waals surface area contributed by atoms with Crippen LogP contribution in [0.3, 0.4) is 0 Å². The summed E-state index contributed by atoms with van der Waals surface area (Å²) in [6, 6.07) is 23.4. The van der Waals surface area contributed by atoms with Gasteiger partial charge in [0.05, 0.1) is 17.0 Å². The Morgan fingerprint density at radius 3 is 2.40 bits per heavy atom. The number of rotatable bonds is 3. The number of carbonyl (C=O) groups excluding carboxylic acids is 1. The van der Waals surface area contributed by atoms with E-state index in [2.05, 4.69) is 12.1 Å². The monoisotopic (exact) mass is 329 g/mol. The first kappa shape index (κ1) is 15.6. The Kier molecular flexibility index (Phi) is 4.30. The molecule has 1 aliphatic carbocycles. The fraction of sp³-hybridized carbons (Fsp3) is 0.182. The van der Waals surface area contributed by atoms with Gasteiger partial charge in [-0.3, -0.25) is 0 Å². The van der Waals surface area contributed by atoms with E-state index in [1.807, 2.05) is 48.5 Å².